The third kappa shape index (κ3) is 6.81. The van der Waals surface area contributed by atoms with Crippen molar-refractivity contribution in [3.63, 3.8) is 0 Å². The third-order valence-electron chi connectivity index (χ3n) is 3.82. The van der Waals surface area contributed by atoms with E-state index in [0.29, 0.717) is 38.6 Å². The van der Waals surface area contributed by atoms with Crippen molar-refractivity contribution >= 4 is 44.4 Å². The highest BCUT2D eigenvalue weighted by atomic mass is 32.2. The van der Waals surface area contributed by atoms with E-state index < -0.39 is 0 Å². The molecule has 1 atom stereocenters. The van der Waals surface area contributed by atoms with Crippen LogP contribution in [-0.4, -0.2) is 31.6 Å². The summed E-state index contributed by atoms with van der Waals surface area (Å²) in [4.78, 5) is 17.1. The molecule has 0 aromatic carbocycles. The molecule has 3 rings (SSSR count). The second kappa shape index (κ2) is 10.9. The maximum absolute atomic E-state index is 8.95. The number of anilines is 2. The van der Waals surface area contributed by atoms with Gasteiger partial charge < -0.3 is 16.6 Å². The van der Waals surface area contributed by atoms with Crippen LogP contribution in [0.2, 0.25) is 0 Å². The topological polar surface area (TPSA) is 148 Å². The molecule has 10 heteroatoms. The van der Waals surface area contributed by atoms with Crippen LogP contribution >= 0.6 is 23.1 Å². The van der Waals surface area contributed by atoms with Gasteiger partial charge in [0, 0.05) is 12.8 Å². The predicted octanol–water partition coefficient (Wildman–Crippen LogP) is 3.79. The van der Waals surface area contributed by atoms with E-state index in [4.69, 9.17) is 21.8 Å². The van der Waals surface area contributed by atoms with E-state index in [0.717, 1.165) is 24.5 Å². The fraction of sp³-hybridized carbons (Fsp3) is 0.421. The fourth-order valence-corrected chi connectivity index (χ4v) is 3.88. The minimum atomic E-state index is -0.0267. The number of fused-ring (bicyclic) bond motifs is 1. The summed E-state index contributed by atoms with van der Waals surface area (Å²) >= 11 is 2.67. The Hall–Kier alpha value is -2.48. The van der Waals surface area contributed by atoms with Gasteiger partial charge in [0.2, 0.25) is 0 Å². The van der Waals surface area contributed by atoms with E-state index in [1.807, 2.05) is 6.92 Å². The molecule has 0 fully saturated rings. The third-order valence-corrected chi connectivity index (χ3v) is 5.71. The summed E-state index contributed by atoms with van der Waals surface area (Å²) < 4.78 is 0.694. The van der Waals surface area contributed by atoms with Crippen LogP contribution in [0, 0.1) is 17.2 Å². The number of aliphatic hydroxyl groups excluding tert-OH is 1. The normalized spacial score (nSPS) is 11.7. The lowest BCUT2D eigenvalue weighted by Crippen LogP contribution is -1.99. The highest BCUT2D eigenvalue weighted by Gasteiger charge is 2.15. The molecule has 3 heterocycles. The summed E-state index contributed by atoms with van der Waals surface area (Å²) in [5, 5.41) is 18.2. The second-order valence-corrected chi connectivity index (χ2v) is 9.04. The first-order chi connectivity index (χ1) is 13.8. The average Bonchev–Trinajstić information content (AvgIpc) is 3.07. The van der Waals surface area contributed by atoms with Gasteiger partial charge in [-0.3, -0.25) is 4.98 Å². The molecule has 0 amide bonds. The van der Waals surface area contributed by atoms with Gasteiger partial charge in [0.1, 0.15) is 10.5 Å². The Morgan fingerprint density at radius 1 is 1.24 bits per heavy atom. The Morgan fingerprint density at radius 3 is 2.62 bits per heavy atom. The number of nitrogens with two attached hydrogens (primary N) is 2. The van der Waals surface area contributed by atoms with E-state index >= 15 is 0 Å². The number of rotatable bonds is 6. The molecule has 29 heavy (non-hydrogen) atoms. The van der Waals surface area contributed by atoms with Crippen molar-refractivity contribution in [3.05, 3.63) is 29.6 Å². The van der Waals surface area contributed by atoms with Crippen LogP contribution < -0.4 is 11.5 Å². The van der Waals surface area contributed by atoms with Gasteiger partial charge in [-0.25, -0.2) is 15.0 Å². The zero-order valence-electron chi connectivity index (χ0n) is 16.7. The van der Waals surface area contributed by atoms with Crippen molar-refractivity contribution in [2.24, 2.45) is 5.92 Å². The smallest absolute Gasteiger partial charge is 0.192 e. The Bertz CT molecular complexity index is 984. The second-order valence-electron chi connectivity index (χ2n) is 6.70. The number of nitrogens with zero attached hydrogens (tertiary/aromatic N) is 5. The number of aromatic nitrogens is 4. The van der Waals surface area contributed by atoms with Crippen molar-refractivity contribution in [1.29, 1.82) is 5.26 Å². The Labute approximate surface area is 178 Å². The summed E-state index contributed by atoms with van der Waals surface area (Å²) in [5.41, 5.74) is 13.4. The lowest BCUT2D eigenvalue weighted by atomic mass is 10.1. The molecule has 154 valence electrons. The van der Waals surface area contributed by atoms with E-state index in [1.165, 1.54) is 23.1 Å². The fourth-order valence-electron chi connectivity index (χ4n) is 2.35. The molecule has 0 aliphatic heterocycles. The van der Waals surface area contributed by atoms with Gasteiger partial charge in [0.25, 0.3) is 0 Å². The van der Waals surface area contributed by atoms with Crippen molar-refractivity contribution in [2.75, 3.05) is 18.1 Å². The Balaban J connectivity index is 0.000000370. The summed E-state index contributed by atoms with van der Waals surface area (Å²) in [5.74, 6) is 1.11. The van der Waals surface area contributed by atoms with Crippen LogP contribution in [0.1, 0.15) is 50.1 Å². The van der Waals surface area contributed by atoms with Crippen LogP contribution in [0.25, 0.3) is 10.3 Å². The van der Waals surface area contributed by atoms with Crippen LogP contribution in [0.5, 0.6) is 0 Å². The van der Waals surface area contributed by atoms with Crippen molar-refractivity contribution in [1.82, 2.24) is 19.9 Å². The molecule has 3 aromatic heterocycles. The average molecular weight is 432 g/mol. The SMILES string of the molecule is CC(C)CCCO.CC(Sc1nc(N)c2sc(N)nc2n1)c1cc(C#N)ccn1. The van der Waals surface area contributed by atoms with Gasteiger partial charge in [-0.1, -0.05) is 36.9 Å². The molecule has 5 N–H and O–H groups in total. The molecular weight excluding hydrogens is 406 g/mol. The molecule has 0 saturated carbocycles. The zero-order chi connectivity index (χ0) is 21.4. The zero-order valence-corrected chi connectivity index (χ0v) is 18.3. The molecule has 1 unspecified atom stereocenters. The quantitative estimate of drug-likeness (QED) is 0.391. The van der Waals surface area contributed by atoms with Gasteiger partial charge in [0.05, 0.1) is 22.6 Å². The number of hydrogen-bond donors (Lipinski definition) is 3. The minimum absolute atomic E-state index is 0.0267. The van der Waals surface area contributed by atoms with Crippen LogP contribution in [-0.2, 0) is 0 Å². The first-order valence-corrected chi connectivity index (χ1v) is 10.9. The van der Waals surface area contributed by atoms with Crippen molar-refractivity contribution in [3.8, 4) is 6.07 Å². The Kier molecular flexibility index (Phi) is 8.57. The number of aliphatic hydroxyl groups is 1. The highest BCUT2D eigenvalue weighted by Crippen LogP contribution is 2.35. The first kappa shape index (κ1) is 22.8. The van der Waals surface area contributed by atoms with Crippen LogP contribution in [0.4, 0.5) is 10.9 Å². The van der Waals surface area contributed by atoms with E-state index in [2.05, 4.69) is 39.9 Å². The molecule has 0 aliphatic rings. The summed E-state index contributed by atoms with van der Waals surface area (Å²) in [6, 6.07) is 5.52. The van der Waals surface area contributed by atoms with Gasteiger partial charge in [-0.15, -0.1) is 0 Å². The number of pyridine rings is 1. The lowest BCUT2D eigenvalue weighted by Gasteiger charge is -2.09. The van der Waals surface area contributed by atoms with Crippen molar-refractivity contribution in [2.45, 2.75) is 44.0 Å². The summed E-state index contributed by atoms with van der Waals surface area (Å²) in [6.45, 7) is 6.64. The standard InChI is InChI=1S/C13H11N7S2.C6H14O/c1-6(8-4-7(5-14)2-3-17-8)21-13-18-10(15)9-11(20-13)19-12(16)22-9;1-6(2)4-3-5-7/h2-4,6H,1H3,(H4,15,16,18,19,20);6-7H,3-5H2,1-2H3. The molecular formula is C19H25N7OS2. The highest BCUT2D eigenvalue weighted by molar-refractivity contribution is 7.99. The number of thioether (sulfide) groups is 1. The number of nitrogen functional groups attached to an aromatic ring is 2. The van der Waals surface area contributed by atoms with E-state index in [1.54, 1.807) is 18.3 Å². The minimum Gasteiger partial charge on any atom is -0.396 e. The first-order valence-electron chi connectivity index (χ1n) is 9.17. The van der Waals surface area contributed by atoms with E-state index in [-0.39, 0.29) is 5.25 Å². The lowest BCUT2D eigenvalue weighted by molar-refractivity contribution is 0.276. The molecule has 0 radical (unpaired) electrons. The molecule has 3 aromatic rings. The number of thiazole rings is 1. The molecule has 8 nitrogen and oxygen atoms in total. The Morgan fingerprint density at radius 2 is 2.00 bits per heavy atom. The number of hydrogen-bond acceptors (Lipinski definition) is 10. The maximum atomic E-state index is 8.95. The predicted molar refractivity (Wildman–Crippen MR) is 118 cm³/mol. The monoisotopic (exact) mass is 431 g/mol. The van der Waals surface area contributed by atoms with Gasteiger partial charge in [-0.05, 0) is 37.8 Å². The maximum Gasteiger partial charge on any atom is 0.192 e. The molecule has 0 aliphatic carbocycles. The van der Waals surface area contributed by atoms with Crippen molar-refractivity contribution < 1.29 is 5.11 Å². The molecule has 0 spiro atoms. The molecule has 0 saturated heterocycles. The van der Waals surface area contributed by atoms with Gasteiger partial charge in [-0.2, -0.15) is 5.26 Å². The van der Waals surface area contributed by atoms with Crippen LogP contribution in [0.15, 0.2) is 23.5 Å². The van der Waals surface area contributed by atoms with Gasteiger partial charge >= 0.3 is 0 Å². The molecule has 0 bridgehead atoms. The van der Waals surface area contributed by atoms with E-state index in [9.17, 15) is 0 Å². The largest absolute Gasteiger partial charge is 0.396 e. The summed E-state index contributed by atoms with van der Waals surface area (Å²) in [6.07, 6.45) is 3.72. The number of nitriles is 1. The van der Waals surface area contributed by atoms with Crippen LogP contribution in [0.3, 0.4) is 0 Å². The summed E-state index contributed by atoms with van der Waals surface area (Å²) in [7, 11) is 0. The van der Waals surface area contributed by atoms with Gasteiger partial charge in [0.15, 0.2) is 15.9 Å².